The van der Waals surface area contributed by atoms with Gasteiger partial charge in [0.25, 0.3) is 5.91 Å². The third kappa shape index (κ3) is 4.26. The Hall–Kier alpha value is -3.29. The molecule has 0 aliphatic rings. The van der Waals surface area contributed by atoms with Gasteiger partial charge in [-0.1, -0.05) is 29.8 Å². The molecule has 5 nitrogen and oxygen atoms in total. The van der Waals surface area contributed by atoms with E-state index in [4.69, 9.17) is 28.2 Å². The maximum Gasteiger partial charge on any atom is 0.258 e. The topological polar surface area (TPSA) is 67.2 Å². The fourth-order valence-electron chi connectivity index (χ4n) is 2.72. The number of carbonyl (C=O) groups excluding carboxylic acids is 1. The van der Waals surface area contributed by atoms with Crippen molar-refractivity contribution >= 4 is 51.6 Å². The first-order chi connectivity index (χ1) is 14.0. The van der Waals surface area contributed by atoms with Crippen LogP contribution < -0.4 is 10.6 Å². The summed E-state index contributed by atoms with van der Waals surface area (Å²) < 4.78 is 18.9. The molecule has 0 radical (unpaired) electrons. The number of hydrogen-bond donors (Lipinski definition) is 2. The van der Waals surface area contributed by atoms with Crippen LogP contribution in [0.5, 0.6) is 0 Å². The van der Waals surface area contributed by atoms with Crippen LogP contribution in [0.1, 0.15) is 10.4 Å². The number of fused-ring (bicyclic) bond motifs is 1. The summed E-state index contributed by atoms with van der Waals surface area (Å²) in [5.74, 6) is -0.552. The Morgan fingerprint density at radius 2 is 1.86 bits per heavy atom. The fourth-order valence-corrected chi connectivity index (χ4v) is 3.18. The second kappa shape index (κ2) is 7.98. The number of hydrogen-bond acceptors (Lipinski definition) is 4. The maximum absolute atomic E-state index is 13.1. The molecule has 1 amide bonds. The van der Waals surface area contributed by atoms with Crippen LogP contribution in [0.3, 0.4) is 0 Å². The molecule has 0 bridgehead atoms. The number of amides is 1. The number of rotatable bonds is 3. The molecule has 8 heteroatoms. The van der Waals surface area contributed by atoms with Crippen molar-refractivity contribution in [1.82, 2.24) is 10.3 Å². The second-order valence-electron chi connectivity index (χ2n) is 6.10. The van der Waals surface area contributed by atoms with E-state index < -0.39 is 11.7 Å². The number of benzene rings is 3. The predicted molar refractivity (Wildman–Crippen MR) is 115 cm³/mol. The molecule has 3 aromatic carbocycles. The van der Waals surface area contributed by atoms with Crippen molar-refractivity contribution in [1.29, 1.82) is 0 Å². The van der Waals surface area contributed by atoms with E-state index in [1.165, 1.54) is 6.07 Å². The lowest BCUT2D eigenvalue weighted by Crippen LogP contribution is -2.34. The molecule has 0 saturated carbocycles. The number of aromatic nitrogens is 1. The van der Waals surface area contributed by atoms with Gasteiger partial charge in [0, 0.05) is 11.3 Å². The summed E-state index contributed by atoms with van der Waals surface area (Å²) in [6, 6.07) is 18.3. The summed E-state index contributed by atoms with van der Waals surface area (Å²) >= 11 is 11.1. The SMILES string of the molecule is O=C(NC(=S)Nc1ccc2oc(-c3ccccc3)nc2c1)c1ccc(F)cc1Cl. The van der Waals surface area contributed by atoms with Crippen LogP contribution in [-0.4, -0.2) is 16.0 Å². The van der Waals surface area contributed by atoms with Crippen LogP contribution in [-0.2, 0) is 0 Å². The third-order valence-corrected chi connectivity index (χ3v) is 4.59. The number of nitrogens with zero attached hydrogens (tertiary/aromatic N) is 1. The minimum absolute atomic E-state index is 0.00255. The van der Waals surface area contributed by atoms with Gasteiger partial charge < -0.3 is 9.73 Å². The van der Waals surface area contributed by atoms with Gasteiger partial charge in [0.2, 0.25) is 5.89 Å². The molecular formula is C21H13ClFN3O2S. The second-order valence-corrected chi connectivity index (χ2v) is 6.92. The van der Waals surface area contributed by atoms with Crippen molar-refractivity contribution in [3.63, 3.8) is 0 Å². The standard InChI is InChI=1S/C21H13ClFN3O2S/c22-16-10-13(23)6-8-15(16)19(27)26-21(29)24-14-7-9-18-17(11-14)25-20(28-18)12-4-2-1-3-5-12/h1-11H,(H2,24,26,27,29). The largest absolute Gasteiger partial charge is 0.436 e. The van der Waals surface area contributed by atoms with Crippen LogP contribution >= 0.6 is 23.8 Å². The van der Waals surface area contributed by atoms with E-state index >= 15 is 0 Å². The number of nitrogens with one attached hydrogen (secondary N) is 2. The highest BCUT2D eigenvalue weighted by molar-refractivity contribution is 7.80. The van der Waals surface area contributed by atoms with E-state index in [-0.39, 0.29) is 15.7 Å². The van der Waals surface area contributed by atoms with Gasteiger partial charge in [0.15, 0.2) is 10.7 Å². The number of oxazole rings is 1. The lowest BCUT2D eigenvalue weighted by atomic mass is 10.2. The zero-order valence-electron chi connectivity index (χ0n) is 14.8. The normalized spacial score (nSPS) is 10.7. The van der Waals surface area contributed by atoms with Crippen molar-refractivity contribution in [2.75, 3.05) is 5.32 Å². The van der Waals surface area contributed by atoms with Gasteiger partial charge in [-0.2, -0.15) is 0 Å². The molecule has 29 heavy (non-hydrogen) atoms. The molecule has 0 fully saturated rings. The van der Waals surface area contributed by atoms with Crippen molar-refractivity contribution in [2.24, 2.45) is 0 Å². The average molecular weight is 426 g/mol. The zero-order valence-corrected chi connectivity index (χ0v) is 16.4. The Morgan fingerprint density at radius 1 is 1.07 bits per heavy atom. The molecule has 144 valence electrons. The van der Waals surface area contributed by atoms with Crippen molar-refractivity contribution in [3.05, 3.63) is 83.1 Å². The molecule has 4 rings (SSSR count). The molecule has 2 N–H and O–H groups in total. The van der Waals surface area contributed by atoms with E-state index in [1.807, 2.05) is 30.3 Å². The first-order valence-corrected chi connectivity index (χ1v) is 9.31. The Morgan fingerprint density at radius 3 is 2.62 bits per heavy atom. The van der Waals surface area contributed by atoms with Gasteiger partial charge in [0.05, 0.1) is 10.6 Å². The fraction of sp³-hybridized carbons (Fsp3) is 0. The van der Waals surface area contributed by atoms with E-state index in [0.717, 1.165) is 17.7 Å². The Bertz CT molecular complexity index is 1230. The number of halogens is 2. The third-order valence-electron chi connectivity index (χ3n) is 4.07. The van der Waals surface area contributed by atoms with Gasteiger partial charge in [-0.3, -0.25) is 10.1 Å². The van der Waals surface area contributed by atoms with Crippen molar-refractivity contribution in [3.8, 4) is 11.5 Å². The summed E-state index contributed by atoms with van der Waals surface area (Å²) in [5, 5.41) is 5.50. The van der Waals surface area contributed by atoms with Gasteiger partial charge in [-0.15, -0.1) is 0 Å². The zero-order chi connectivity index (χ0) is 20.4. The molecule has 1 aromatic heterocycles. The summed E-state index contributed by atoms with van der Waals surface area (Å²) in [7, 11) is 0. The van der Waals surface area contributed by atoms with Gasteiger partial charge in [0.1, 0.15) is 11.3 Å². The molecule has 0 spiro atoms. The minimum atomic E-state index is -0.540. The first kappa shape index (κ1) is 19.0. The number of anilines is 1. The molecule has 0 aliphatic heterocycles. The summed E-state index contributed by atoms with van der Waals surface area (Å²) in [4.78, 5) is 16.8. The van der Waals surface area contributed by atoms with Crippen molar-refractivity contribution in [2.45, 2.75) is 0 Å². The highest BCUT2D eigenvalue weighted by atomic mass is 35.5. The minimum Gasteiger partial charge on any atom is -0.436 e. The molecule has 0 aliphatic carbocycles. The molecule has 0 unspecified atom stereocenters. The lowest BCUT2D eigenvalue weighted by molar-refractivity contribution is 0.0978. The molecule has 0 atom stereocenters. The number of thiocarbonyl (C=S) groups is 1. The van der Waals surface area contributed by atoms with Crippen LogP contribution in [0.4, 0.5) is 10.1 Å². The monoisotopic (exact) mass is 425 g/mol. The molecule has 1 heterocycles. The van der Waals surface area contributed by atoms with Crippen LogP contribution in [0.25, 0.3) is 22.6 Å². The summed E-state index contributed by atoms with van der Waals surface area (Å²) in [5.41, 5.74) is 2.89. The van der Waals surface area contributed by atoms with Gasteiger partial charge in [-0.25, -0.2) is 9.37 Å². The van der Waals surface area contributed by atoms with E-state index in [1.54, 1.807) is 18.2 Å². The highest BCUT2D eigenvalue weighted by Gasteiger charge is 2.13. The Balaban J connectivity index is 1.48. The first-order valence-electron chi connectivity index (χ1n) is 8.53. The van der Waals surface area contributed by atoms with Crippen LogP contribution in [0.2, 0.25) is 5.02 Å². The van der Waals surface area contributed by atoms with E-state index in [9.17, 15) is 9.18 Å². The van der Waals surface area contributed by atoms with Crippen LogP contribution in [0.15, 0.2) is 71.1 Å². The van der Waals surface area contributed by atoms with Gasteiger partial charge >= 0.3 is 0 Å². The van der Waals surface area contributed by atoms with Crippen molar-refractivity contribution < 1.29 is 13.6 Å². The Kier molecular flexibility index (Phi) is 5.24. The molecular weight excluding hydrogens is 413 g/mol. The molecule has 4 aromatic rings. The maximum atomic E-state index is 13.1. The van der Waals surface area contributed by atoms with Crippen LogP contribution in [0, 0.1) is 5.82 Å². The smallest absolute Gasteiger partial charge is 0.258 e. The van der Waals surface area contributed by atoms with E-state index in [0.29, 0.717) is 22.7 Å². The average Bonchev–Trinajstić information content (AvgIpc) is 3.12. The summed E-state index contributed by atoms with van der Waals surface area (Å²) in [6.45, 7) is 0. The number of carbonyl (C=O) groups is 1. The van der Waals surface area contributed by atoms with Gasteiger partial charge in [-0.05, 0) is 60.7 Å². The quantitative estimate of drug-likeness (QED) is 0.429. The highest BCUT2D eigenvalue weighted by Crippen LogP contribution is 2.26. The predicted octanol–water partition coefficient (Wildman–Crippen LogP) is 5.41. The van der Waals surface area contributed by atoms with E-state index in [2.05, 4.69) is 15.6 Å². The Labute approximate surface area is 175 Å². The summed E-state index contributed by atoms with van der Waals surface area (Å²) in [6.07, 6.45) is 0. The lowest BCUT2D eigenvalue weighted by Gasteiger charge is -2.10. The molecule has 0 saturated heterocycles.